The summed E-state index contributed by atoms with van der Waals surface area (Å²) in [7, 11) is 0. The van der Waals surface area contributed by atoms with Crippen LogP contribution in [0.15, 0.2) is 146 Å². The van der Waals surface area contributed by atoms with Crippen LogP contribution in [0, 0.1) is 6.07 Å². The third-order valence-electron chi connectivity index (χ3n) is 9.88. The van der Waals surface area contributed by atoms with E-state index in [2.05, 4.69) is 136 Å². The molecule has 0 unspecified atom stereocenters. The van der Waals surface area contributed by atoms with Crippen LogP contribution in [0.1, 0.15) is 52.7 Å². The van der Waals surface area contributed by atoms with Crippen LogP contribution in [0.2, 0.25) is 0 Å². The average molecular weight is 887 g/mol. The van der Waals surface area contributed by atoms with Gasteiger partial charge in [0.15, 0.2) is 0 Å². The van der Waals surface area contributed by atoms with Crippen LogP contribution < -0.4 is 4.90 Å². The zero-order valence-electron chi connectivity index (χ0n) is 31.4. The Balaban J connectivity index is 0.00000450. The fourth-order valence-electron chi connectivity index (χ4n) is 7.11. The van der Waals surface area contributed by atoms with E-state index in [4.69, 9.17) is 9.97 Å². The molecule has 0 saturated heterocycles. The zero-order valence-corrected chi connectivity index (χ0v) is 33.7. The van der Waals surface area contributed by atoms with E-state index in [-0.39, 0.29) is 37.6 Å². The van der Waals surface area contributed by atoms with Crippen LogP contribution in [0.4, 0.5) is 17.2 Å². The van der Waals surface area contributed by atoms with Crippen molar-refractivity contribution in [2.75, 3.05) is 4.90 Å². The van der Waals surface area contributed by atoms with E-state index in [1.165, 1.54) is 5.56 Å². The zero-order chi connectivity index (χ0) is 36.9. The van der Waals surface area contributed by atoms with Crippen molar-refractivity contribution in [1.82, 2.24) is 14.5 Å². The number of aromatic hydroxyl groups is 1. The number of benzene rings is 5. The largest absolute Gasteiger partial charge is 0.506 e. The van der Waals surface area contributed by atoms with Crippen LogP contribution in [0.5, 0.6) is 5.75 Å². The molecule has 272 valence electrons. The molecule has 54 heavy (non-hydrogen) atoms. The molecule has 0 amide bonds. The molecule has 0 aliphatic rings. The summed E-state index contributed by atoms with van der Waals surface area (Å²) in [5.74, 6) is 0.950. The number of hydrogen-bond acceptors (Lipinski definition) is 4. The van der Waals surface area contributed by atoms with Gasteiger partial charge in [-0.2, -0.15) is 24.3 Å². The standard InChI is InChI=1S/C48H43N4O.Pt/c1-47(2,3)34-26-27-41-37(30-34)38-31-39(48(4,5)6)45(50-46(38)52(41)42-24-16-17-25-43(42)53)40-28-33(32-18-10-7-11-19-32)29-44(49-40)51(35-20-12-8-13-21-35)36-22-14-9-15-23-36;/h7-22,24-31,53H,1-6H3;/q-1;. The van der Waals surface area contributed by atoms with Crippen LogP contribution in [0.25, 0.3) is 50.1 Å². The molecule has 0 bridgehead atoms. The fourth-order valence-corrected chi connectivity index (χ4v) is 7.11. The maximum atomic E-state index is 11.3. The second-order valence-corrected chi connectivity index (χ2v) is 15.7. The Labute approximate surface area is 332 Å². The van der Waals surface area contributed by atoms with Crippen molar-refractivity contribution in [3.8, 4) is 34.0 Å². The van der Waals surface area contributed by atoms with Crippen molar-refractivity contribution in [1.29, 1.82) is 0 Å². The molecule has 0 aliphatic carbocycles. The van der Waals surface area contributed by atoms with Crippen molar-refractivity contribution < 1.29 is 26.2 Å². The van der Waals surface area contributed by atoms with Gasteiger partial charge in [-0.3, -0.25) is 4.57 Å². The minimum absolute atomic E-state index is 0. The van der Waals surface area contributed by atoms with Gasteiger partial charge in [0.2, 0.25) is 0 Å². The molecule has 1 N–H and O–H groups in total. The van der Waals surface area contributed by atoms with Crippen molar-refractivity contribution in [2.45, 2.75) is 52.4 Å². The molecule has 0 atom stereocenters. The SMILES string of the molecule is CC(C)(C)c1ccc2c(c1)c1cc(C(C)(C)C)c(-c3cc(-c4ccccc4)cc(N(c4[c-]cccc4)c4ccccc4)n3)nc1n2-c1ccccc1O.[Pt]. The summed E-state index contributed by atoms with van der Waals surface area (Å²) in [4.78, 5) is 13.2. The molecule has 0 radical (unpaired) electrons. The summed E-state index contributed by atoms with van der Waals surface area (Å²) in [5.41, 5.74) is 9.96. The number of aromatic nitrogens is 3. The third kappa shape index (κ3) is 6.85. The molecule has 8 rings (SSSR count). The maximum absolute atomic E-state index is 11.3. The quantitative estimate of drug-likeness (QED) is 0.169. The number of phenols is 1. The van der Waals surface area contributed by atoms with Gasteiger partial charge in [0.1, 0.15) is 17.2 Å². The molecule has 0 saturated carbocycles. The second kappa shape index (κ2) is 14.4. The van der Waals surface area contributed by atoms with Crippen molar-refractivity contribution in [2.24, 2.45) is 0 Å². The number of phenolic OH excluding ortho intramolecular Hbond substituents is 1. The molecule has 3 heterocycles. The first-order chi connectivity index (χ1) is 25.5. The average Bonchev–Trinajstić information content (AvgIpc) is 3.48. The number of hydrogen-bond donors (Lipinski definition) is 1. The molecule has 5 aromatic carbocycles. The predicted octanol–water partition coefficient (Wildman–Crippen LogP) is 12.5. The summed E-state index contributed by atoms with van der Waals surface area (Å²) < 4.78 is 2.10. The van der Waals surface area contributed by atoms with E-state index in [9.17, 15) is 5.11 Å². The molecule has 3 aromatic heterocycles. The third-order valence-corrected chi connectivity index (χ3v) is 9.88. The first-order valence-corrected chi connectivity index (χ1v) is 18.2. The summed E-state index contributed by atoms with van der Waals surface area (Å²) in [6.45, 7) is 13.4. The molecule has 6 heteroatoms. The van der Waals surface area contributed by atoms with Crippen LogP contribution in [-0.2, 0) is 31.9 Å². The molecule has 0 aliphatic heterocycles. The molecule has 0 fully saturated rings. The number of fused-ring (bicyclic) bond motifs is 3. The minimum Gasteiger partial charge on any atom is -0.506 e. The minimum atomic E-state index is -0.279. The second-order valence-electron chi connectivity index (χ2n) is 15.7. The predicted molar refractivity (Wildman–Crippen MR) is 220 cm³/mol. The summed E-state index contributed by atoms with van der Waals surface area (Å²) in [5, 5.41) is 13.4. The Morgan fingerprint density at radius 3 is 1.98 bits per heavy atom. The van der Waals surface area contributed by atoms with E-state index in [0.29, 0.717) is 5.69 Å². The van der Waals surface area contributed by atoms with Crippen LogP contribution in [0.3, 0.4) is 0 Å². The fraction of sp³-hybridized carbons (Fsp3) is 0.167. The van der Waals surface area contributed by atoms with E-state index in [1.54, 1.807) is 6.07 Å². The monoisotopic (exact) mass is 886 g/mol. The summed E-state index contributed by atoms with van der Waals surface area (Å²) >= 11 is 0. The van der Waals surface area contributed by atoms with E-state index < -0.39 is 0 Å². The van der Waals surface area contributed by atoms with Gasteiger partial charge in [-0.25, -0.2) is 9.97 Å². The number of nitrogens with zero attached hydrogens (tertiary/aromatic N) is 4. The normalized spacial score (nSPS) is 11.8. The van der Waals surface area contributed by atoms with E-state index in [1.807, 2.05) is 60.7 Å². The number of anilines is 3. The van der Waals surface area contributed by atoms with Crippen LogP contribution in [-0.4, -0.2) is 19.6 Å². The molecule has 0 spiro atoms. The maximum Gasteiger partial charge on any atom is 0.146 e. The topological polar surface area (TPSA) is 54.2 Å². The van der Waals surface area contributed by atoms with Gasteiger partial charge in [0.25, 0.3) is 0 Å². The molecular weight excluding hydrogens is 844 g/mol. The smallest absolute Gasteiger partial charge is 0.146 e. The van der Waals surface area contributed by atoms with Crippen molar-refractivity contribution in [3.05, 3.63) is 163 Å². The van der Waals surface area contributed by atoms with Gasteiger partial charge < -0.3 is 10.0 Å². The van der Waals surface area contributed by atoms with Gasteiger partial charge in [-0.05, 0) is 87.7 Å². The van der Waals surface area contributed by atoms with Gasteiger partial charge in [-0.15, -0.1) is 6.07 Å². The number of rotatable bonds is 6. The Morgan fingerprint density at radius 1 is 0.630 bits per heavy atom. The Morgan fingerprint density at radius 2 is 1.31 bits per heavy atom. The Hall–Kier alpha value is -5.51. The number of para-hydroxylation sites is 4. The van der Waals surface area contributed by atoms with Gasteiger partial charge in [0.05, 0.1) is 22.6 Å². The Bertz CT molecular complexity index is 2550. The van der Waals surface area contributed by atoms with Crippen molar-refractivity contribution >= 4 is 39.1 Å². The van der Waals surface area contributed by atoms with Gasteiger partial charge in [0, 0.05) is 37.5 Å². The summed E-state index contributed by atoms with van der Waals surface area (Å²) in [6, 6.07) is 53.0. The molecular formula is C48H43N4OPt-. The van der Waals surface area contributed by atoms with Crippen LogP contribution >= 0.6 is 0 Å². The van der Waals surface area contributed by atoms with E-state index >= 15 is 0 Å². The first-order valence-electron chi connectivity index (χ1n) is 18.2. The number of pyridine rings is 2. The summed E-state index contributed by atoms with van der Waals surface area (Å²) in [6.07, 6.45) is 0. The Kier molecular flexibility index (Phi) is 9.81. The van der Waals surface area contributed by atoms with E-state index in [0.717, 1.165) is 67.2 Å². The van der Waals surface area contributed by atoms with Crippen molar-refractivity contribution in [3.63, 3.8) is 0 Å². The van der Waals surface area contributed by atoms with Gasteiger partial charge in [-0.1, -0.05) is 114 Å². The first kappa shape index (κ1) is 36.8. The van der Waals surface area contributed by atoms with Gasteiger partial charge >= 0.3 is 0 Å². The molecule has 8 aromatic rings. The molecule has 5 nitrogen and oxygen atoms in total.